The lowest BCUT2D eigenvalue weighted by molar-refractivity contribution is -0.118. The van der Waals surface area contributed by atoms with Crippen LogP contribution in [-0.2, 0) is 48.8 Å². The summed E-state index contributed by atoms with van der Waals surface area (Å²) in [5, 5.41) is 25.4. The van der Waals surface area contributed by atoms with Crippen LogP contribution in [0, 0.1) is 12.5 Å². The Morgan fingerprint density at radius 2 is 1.67 bits per heavy atom. The third-order valence-electron chi connectivity index (χ3n) is 11.7. The number of carboxylic acid groups (broad SMARTS) is 1. The van der Waals surface area contributed by atoms with Gasteiger partial charge >= 0.3 is 12.9 Å². The van der Waals surface area contributed by atoms with Crippen molar-refractivity contribution < 1.29 is 61.2 Å². The summed E-state index contributed by atoms with van der Waals surface area (Å²) < 4.78 is 62.6. The van der Waals surface area contributed by atoms with E-state index < -0.39 is 112 Å². The molecule has 0 bridgehead atoms. The Morgan fingerprint density at radius 3 is 2.32 bits per heavy atom. The molecule has 24 nitrogen and oxygen atoms in total. The van der Waals surface area contributed by atoms with E-state index in [-0.39, 0.29) is 47.2 Å². The zero-order chi connectivity index (χ0) is 50.0. The van der Waals surface area contributed by atoms with Gasteiger partial charge in [-0.3, -0.25) is 38.3 Å². The molecule has 2 fully saturated rings. The number of alkyl halides is 1. The van der Waals surface area contributed by atoms with Crippen LogP contribution >= 0.6 is 6.72 Å². The number of aliphatic hydroxyl groups is 1. The van der Waals surface area contributed by atoms with Crippen molar-refractivity contribution in [3.8, 4) is 0 Å². The number of anilines is 2. The van der Waals surface area contributed by atoms with Crippen molar-refractivity contribution in [2.75, 3.05) is 37.0 Å². The zero-order valence-corrected chi connectivity index (χ0v) is 41.1. The standard InChI is InChI=1S/C41H51FN11O13PSSi/c1-21(2)34(55)50-39-49-33-27(36(57)51-39)47-20-53(33)38-30(64-40(58)59)29(66-69(7,8)41(3,4)5)24(63-38)17-61-67(68,60-15-14-43-6)65-28-23(16-54)62-37(25(28)42)52-19-46-26-31(44-18-45-32(26)52)48-35(56)22-12-10-9-11-13-22/h9-13,18-21,23-25,28-30,37-38,54H,14-17H2,1-5,7-8H3,(H,58,59)(H,44,45,48,56)(H2,49,50,51,55,57)/t23-,24-,25?,28+,29+,30?,37-,38-,67?/m1/s1. The average molecular weight is 1020 g/mol. The number of carbonyl (C=O) groups excluding carboxylic acids is 2. The molecular formula is C41H51FN11O13PSSi. The van der Waals surface area contributed by atoms with E-state index in [1.807, 2.05) is 33.9 Å². The van der Waals surface area contributed by atoms with Gasteiger partial charge in [-0.2, -0.15) is 4.98 Å². The topological polar surface area (TPSA) is 292 Å². The second-order valence-corrected chi connectivity index (χ2v) is 25.4. The van der Waals surface area contributed by atoms with E-state index in [1.54, 1.807) is 44.2 Å². The smallest absolute Gasteiger partial charge is 0.450 e. The second-order valence-electron chi connectivity index (χ2n) is 17.7. The molecule has 9 atom stereocenters. The fourth-order valence-corrected chi connectivity index (χ4v) is 10.5. The first-order valence-electron chi connectivity index (χ1n) is 21.5. The summed E-state index contributed by atoms with van der Waals surface area (Å²) in [5.74, 6) is -1.56. The van der Waals surface area contributed by atoms with Crippen molar-refractivity contribution in [2.24, 2.45) is 5.92 Å². The lowest BCUT2D eigenvalue weighted by Crippen LogP contribution is -2.50. The Hall–Kier alpha value is -5.66. The summed E-state index contributed by atoms with van der Waals surface area (Å²) in [5.41, 5.74) is -0.453. The highest BCUT2D eigenvalue weighted by Gasteiger charge is 2.55. The molecule has 2 saturated heterocycles. The first-order chi connectivity index (χ1) is 32.6. The number of hydrogen-bond acceptors (Lipinski definition) is 18. The van der Waals surface area contributed by atoms with Crippen LogP contribution in [0.5, 0.6) is 0 Å². The Labute approximate surface area is 399 Å². The summed E-state index contributed by atoms with van der Waals surface area (Å²) in [6.45, 7) is 14.3. The maximum Gasteiger partial charge on any atom is 0.506 e. The lowest BCUT2D eigenvalue weighted by Gasteiger charge is -2.40. The Morgan fingerprint density at radius 1 is 0.986 bits per heavy atom. The van der Waals surface area contributed by atoms with Crippen LogP contribution < -0.4 is 16.2 Å². The molecule has 28 heteroatoms. The van der Waals surface area contributed by atoms with E-state index in [9.17, 15) is 29.4 Å². The highest BCUT2D eigenvalue weighted by molar-refractivity contribution is 8.07. The molecule has 4 aromatic heterocycles. The molecule has 0 saturated carbocycles. The largest absolute Gasteiger partial charge is 0.506 e. The fourth-order valence-electron chi connectivity index (χ4n) is 7.10. The number of nitrogens with one attached hydrogen (secondary N) is 3. The van der Waals surface area contributed by atoms with Gasteiger partial charge in [-0.1, -0.05) is 52.8 Å². The number of rotatable bonds is 18. The number of aliphatic hydroxyl groups excluding tert-OH is 1. The van der Waals surface area contributed by atoms with Crippen LogP contribution in [0.25, 0.3) is 27.2 Å². The van der Waals surface area contributed by atoms with Crippen LogP contribution in [0.1, 0.15) is 57.4 Å². The molecule has 69 heavy (non-hydrogen) atoms. The summed E-state index contributed by atoms with van der Waals surface area (Å²) >= 11 is 5.86. The molecule has 5 N–H and O–H groups in total. The summed E-state index contributed by atoms with van der Waals surface area (Å²) in [6.07, 6.45) is -10.1. The minimum absolute atomic E-state index is 0.0406. The number of aromatic amines is 1. The predicted octanol–water partition coefficient (Wildman–Crippen LogP) is 4.95. The minimum atomic E-state index is -4.19. The number of aromatic nitrogens is 8. The SMILES string of the molecule is [C-]#[N+]CCOP(=S)(OC[C@H]1O[C@@H](n2cnc3c(=O)[nH]c(NC(=O)C(C)C)nc32)C(OC(=O)O)[C@H]1O[Si](C)(C)C(C)(C)C)O[C@@H]1C(F)[C@H](n2cnc3c(NC(=O)c4ccccc4)ncnc32)O[C@@H]1CO. The van der Waals surface area contributed by atoms with Crippen molar-refractivity contribution in [3.63, 3.8) is 0 Å². The first kappa shape index (κ1) is 51.2. The third-order valence-corrected chi connectivity index (χ3v) is 18.5. The molecule has 6 heterocycles. The predicted molar refractivity (Wildman–Crippen MR) is 249 cm³/mol. The summed E-state index contributed by atoms with van der Waals surface area (Å²) in [6, 6.07) is 8.37. The van der Waals surface area contributed by atoms with Gasteiger partial charge < -0.3 is 48.1 Å². The van der Waals surface area contributed by atoms with Crippen LogP contribution in [-0.4, -0.2) is 139 Å². The van der Waals surface area contributed by atoms with Crippen LogP contribution in [0.3, 0.4) is 0 Å². The van der Waals surface area contributed by atoms with Gasteiger partial charge in [-0.05, 0) is 42.1 Å². The van der Waals surface area contributed by atoms with Crippen molar-refractivity contribution in [1.82, 2.24) is 39.0 Å². The lowest BCUT2D eigenvalue weighted by atomic mass is 10.1. The van der Waals surface area contributed by atoms with E-state index >= 15 is 4.39 Å². The number of imidazole rings is 2. The molecule has 370 valence electrons. The van der Waals surface area contributed by atoms with Gasteiger partial charge in [-0.25, -0.2) is 35.7 Å². The third kappa shape index (κ3) is 11.0. The van der Waals surface area contributed by atoms with Crippen molar-refractivity contribution in [1.29, 1.82) is 0 Å². The van der Waals surface area contributed by atoms with Gasteiger partial charge in [0.2, 0.25) is 18.4 Å². The van der Waals surface area contributed by atoms with Gasteiger partial charge in [0.05, 0.1) is 25.9 Å². The number of halogens is 1. The quantitative estimate of drug-likeness (QED) is 0.0255. The Bertz CT molecular complexity index is 2840. The highest BCUT2D eigenvalue weighted by atomic mass is 32.5. The average Bonchev–Trinajstić information content (AvgIpc) is 4.07. The van der Waals surface area contributed by atoms with Gasteiger partial charge in [0, 0.05) is 11.5 Å². The number of nitrogens with zero attached hydrogens (tertiary/aromatic N) is 8. The molecule has 3 unspecified atom stereocenters. The van der Waals surface area contributed by atoms with E-state index in [1.165, 1.54) is 21.8 Å². The van der Waals surface area contributed by atoms with Crippen LogP contribution in [0.4, 0.5) is 21.0 Å². The van der Waals surface area contributed by atoms with Crippen molar-refractivity contribution >= 4 is 78.9 Å². The number of carbonyl (C=O) groups is 3. The molecular weight excluding hydrogens is 965 g/mol. The number of amides is 2. The van der Waals surface area contributed by atoms with Crippen LogP contribution in [0.2, 0.25) is 18.1 Å². The monoisotopic (exact) mass is 1020 g/mol. The molecule has 5 aromatic rings. The normalized spacial score (nSPS) is 23.8. The van der Waals surface area contributed by atoms with Crippen molar-refractivity contribution in [3.05, 3.63) is 76.6 Å². The first-order valence-corrected chi connectivity index (χ1v) is 27.0. The molecule has 0 radical (unpaired) electrons. The molecule has 2 amide bonds. The molecule has 7 rings (SSSR count). The van der Waals surface area contributed by atoms with E-state index in [0.29, 0.717) is 5.56 Å². The molecule has 1 aromatic carbocycles. The number of fused-ring (bicyclic) bond motifs is 2. The fraction of sp³-hybridized carbons (Fsp3) is 0.512. The number of hydrogen-bond donors (Lipinski definition) is 5. The summed E-state index contributed by atoms with van der Waals surface area (Å²) in [4.78, 5) is 78.3. The van der Waals surface area contributed by atoms with Gasteiger partial charge in [0.25, 0.3) is 11.5 Å². The Balaban J connectivity index is 1.19. The molecule has 0 spiro atoms. The number of ether oxygens (including phenoxy) is 3. The Kier molecular flexibility index (Phi) is 15.4. The minimum Gasteiger partial charge on any atom is -0.450 e. The number of H-pyrrole nitrogens is 1. The van der Waals surface area contributed by atoms with Crippen LogP contribution in [0.15, 0.2) is 54.1 Å². The van der Waals surface area contributed by atoms with Gasteiger partial charge in [-0.15, -0.1) is 0 Å². The maximum absolute atomic E-state index is 16.9. The maximum atomic E-state index is 16.9. The van der Waals surface area contributed by atoms with E-state index in [4.69, 9.17) is 50.6 Å². The molecule has 2 aliphatic heterocycles. The van der Waals surface area contributed by atoms with Gasteiger partial charge in [0.1, 0.15) is 37.4 Å². The van der Waals surface area contributed by atoms with E-state index in [0.717, 1.165) is 6.33 Å². The zero-order valence-electron chi connectivity index (χ0n) is 38.3. The second kappa shape index (κ2) is 20.7. The van der Waals surface area contributed by atoms with E-state index in [2.05, 4.69) is 45.4 Å². The number of benzene rings is 1. The molecule has 2 aliphatic rings. The highest BCUT2D eigenvalue weighted by Crippen LogP contribution is 2.55. The summed E-state index contributed by atoms with van der Waals surface area (Å²) in [7, 11) is -2.85. The van der Waals surface area contributed by atoms with Crippen molar-refractivity contribution in [2.45, 2.75) is 102 Å². The van der Waals surface area contributed by atoms with Gasteiger partial charge in [0.15, 0.2) is 61.2 Å². The molecule has 0 aliphatic carbocycles.